The molecule has 100 valence electrons. The van der Waals surface area contributed by atoms with Crippen LogP contribution in [0.4, 0.5) is 0 Å². The minimum atomic E-state index is -0.0382. The Hall–Kier alpha value is -1.84. The first-order chi connectivity index (χ1) is 9.25. The van der Waals surface area contributed by atoms with Crippen molar-refractivity contribution >= 4 is 16.8 Å². The van der Waals surface area contributed by atoms with E-state index >= 15 is 0 Å². The molecule has 1 fully saturated rings. The Bertz CT molecular complexity index is 596. The van der Waals surface area contributed by atoms with Gasteiger partial charge in [-0.2, -0.15) is 5.10 Å². The van der Waals surface area contributed by atoms with E-state index < -0.39 is 0 Å². The highest BCUT2D eigenvalue weighted by Crippen LogP contribution is 2.20. The molecule has 4 heteroatoms. The highest BCUT2D eigenvalue weighted by atomic mass is 16.2. The summed E-state index contributed by atoms with van der Waals surface area (Å²) in [5.74, 6) is -0.0382. The van der Waals surface area contributed by atoms with Gasteiger partial charge in [0, 0.05) is 18.5 Å². The molecule has 3 rings (SSSR count). The van der Waals surface area contributed by atoms with Crippen molar-refractivity contribution in [1.29, 1.82) is 0 Å². The molecule has 1 aliphatic rings. The summed E-state index contributed by atoms with van der Waals surface area (Å²) in [5.41, 5.74) is 1.54. The van der Waals surface area contributed by atoms with Crippen LogP contribution in [0.5, 0.6) is 0 Å². The highest BCUT2D eigenvalue weighted by Gasteiger charge is 2.20. The standard InChI is InChI=1S/C15H19N3O/c1-18-13-10-6-5-9-12(13)14(17-18)15(19)16-11-7-3-2-4-8-11/h5-6,9-11H,2-4,7-8H2,1H3,(H,16,19). The number of nitrogens with zero attached hydrogens (tertiary/aromatic N) is 2. The molecule has 1 N–H and O–H groups in total. The SMILES string of the molecule is Cn1nc(C(=O)NC2CCCCC2)c2ccccc21. The molecule has 0 saturated heterocycles. The zero-order valence-corrected chi connectivity index (χ0v) is 11.2. The zero-order valence-electron chi connectivity index (χ0n) is 11.2. The molecule has 0 bridgehead atoms. The summed E-state index contributed by atoms with van der Waals surface area (Å²) in [5, 5.41) is 8.41. The molecule has 0 radical (unpaired) electrons. The first kappa shape index (κ1) is 12.2. The molecule has 2 aromatic rings. The Balaban J connectivity index is 1.85. The van der Waals surface area contributed by atoms with Gasteiger partial charge in [-0.25, -0.2) is 0 Å². The first-order valence-corrected chi connectivity index (χ1v) is 6.98. The van der Waals surface area contributed by atoms with Crippen molar-refractivity contribution in [2.45, 2.75) is 38.1 Å². The molecular weight excluding hydrogens is 238 g/mol. The minimum absolute atomic E-state index is 0.0382. The Morgan fingerprint density at radius 2 is 2.00 bits per heavy atom. The van der Waals surface area contributed by atoms with Gasteiger partial charge in [0.2, 0.25) is 0 Å². The van der Waals surface area contributed by atoms with Gasteiger partial charge in [-0.15, -0.1) is 0 Å². The van der Waals surface area contributed by atoms with E-state index in [9.17, 15) is 4.79 Å². The fourth-order valence-corrected chi connectivity index (χ4v) is 2.88. The van der Waals surface area contributed by atoms with Gasteiger partial charge in [0.15, 0.2) is 5.69 Å². The van der Waals surface area contributed by atoms with Gasteiger partial charge in [0.25, 0.3) is 5.91 Å². The number of fused-ring (bicyclic) bond motifs is 1. The molecule has 0 spiro atoms. The average molecular weight is 257 g/mol. The maximum Gasteiger partial charge on any atom is 0.272 e. The number of nitrogens with one attached hydrogen (secondary N) is 1. The van der Waals surface area contributed by atoms with Crippen LogP contribution >= 0.6 is 0 Å². The van der Waals surface area contributed by atoms with E-state index in [4.69, 9.17) is 0 Å². The Morgan fingerprint density at radius 1 is 1.26 bits per heavy atom. The number of amides is 1. The van der Waals surface area contributed by atoms with E-state index in [1.165, 1.54) is 19.3 Å². The van der Waals surface area contributed by atoms with Crippen molar-refractivity contribution in [3.63, 3.8) is 0 Å². The van der Waals surface area contributed by atoms with Crippen LogP contribution in [0, 0.1) is 0 Å². The topological polar surface area (TPSA) is 46.9 Å². The van der Waals surface area contributed by atoms with Gasteiger partial charge in [-0.3, -0.25) is 9.48 Å². The predicted octanol–water partition coefficient (Wildman–Crippen LogP) is 2.64. The quantitative estimate of drug-likeness (QED) is 0.899. The third-order valence-corrected chi connectivity index (χ3v) is 3.91. The summed E-state index contributed by atoms with van der Waals surface area (Å²) in [6.07, 6.45) is 5.91. The number of carbonyl (C=O) groups is 1. The fourth-order valence-electron chi connectivity index (χ4n) is 2.88. The van der Waals surface area contributed by atoms with Crippen LogP contribution < -0.4 is 5.32 Å². The second-order valence-corrected chi connectivity index (χ2v) is 5.30. The largest absolute Gasteiger partial charge is 0.348 e. The summed E-state index contributed by atoms with van der Waals surface area (Å²) >= 11 is 0. The lowest BCUT2D eigenvalue weighted by molar-refractivity contribution is 0.0923. The molecule has 4 nitrogen and oxygen atoms in total. The van der Waals surface area contributed by atoms with Crippen LogP contribution in [0.15, 0.2) is 24.3 Å². The van der Waals surface area contributed by atoms with Crippen LogP contribution in [0.3, 0.4) is 0 Å². The van der Waals surface area contributed by atoms with Crippen molar-refractivity contribution in [2.24, 2.45) is 7.05 Å². The average Bonchev–Trinajstić information content (AvgIpc) is 2.78. The molecule has 0 atom stereocenters. The second kappa shape index (κ2) is 5.03. The number of hydrogen-bond donors (Lipinski definition) is 1. The normalized spacial score (nSPS) is 16.7. The maximum absolute atomic E-state index is 12.4. The van der Waals surface area contributed by atoms with E-state index in [2.05, 4.69) is 10.4 Å². The third kappa shape index (κ3) is 2.35. The van der Waals surface area contributed by atoms with Crippen molar-refractivity contribution in [2.75, 3.05) is 0 Å². The number of aromatic nitrogens is 2. The Morgan fingerprint density at radius 3 is 2.79 bits per heavy atom. The molecule has 0 aliphatic heterocycles. The number of rotatable bonds is 2. The van der Waals surface area contributed by atoms with Gasteiger partial charge < -0.3 is 5.32 Å². The van der Waals surface area contributed by atoms with Gasteiger partial charge >= 0.3 is 0 Å². The lowest BCUT2D eigenvalue weighted by Gasteiger charge is -2.22. The molecule has 1 heterocycles. The van der Waals surface area contributed by atoms with Crippen LogP contribution in [-0.4, -0.2) is 21.7 Å². The number of hydrogen-bond acceptors (Lipinski definition) is 2. The summed E-state index contributed by atoms with van der Waals surface area (Å²) in [4.78, 5) is 12.4. The number of carbonyl (C=O) groups excluding carboxylic acids is 1. The molecule has 1 aromatic heterocycles. The summed E-state index contributed by atoms with van der Waals surface area (Å²) in [6.45, 7) is 0. The Labute approximate surface area is 112 Å². The Kier molecular flexibility index (Phi) is 3.23. The molecule has 19 heavy (non-hydrogen) atoms. The molecule has 0 unspecified atom stereocenters. The highest BCUT2D eigenvalue weighted by molar-refractivity contribution is 6.04. The minimum Gasteiger partial charge on any atom is -0.348 e. The summed E-state index contributed by atoms with van der Waals surface area (Å²) in [6, 6.07) is 8.17. The van der Waals surface area contributed by atoms with Crippen LogP contribution in [-0.2, 0) is 7.05 Å². The smallest absolute Gasteiger partial charge is 0.272 e. The van der Waals surface area contributed by atoms with Gasteiger partial charge in [0.05, 0.1) is 5.52 Å². The molecule has 1 aromatic carbocycles. The van der Waals surface area contributed by atoms with E-state index in [1.54, 1.807) is 4.68 Å². The van der Waals surface area contributed by atoms with Crippen LogP contribution in [0.1, 0.15) is 42.6 Å². The van der Waals surface area contributed by atoms with Gasteiger partial charge in [-0.05, 0) is 18.9 Å². The van der Waals surface area contributed by atoms with Gasteiger partial charge in [-0.1, -0.05) is 37.5 Å². The van der Waals surface area contributed by atoms with Crippen LogP contribution in [0.25, 0.3) is 10.9 Å². The molecular formula is C15H19N3O. The number of para-hydroxylation sites is 1. The van der Waals surface area contributed by atoms with Crippen molar-refractivity contribution in [1.82, 2.24) is 15.1 Å². The third-order valence-electron chi connectivity index (χ3n) is 3.91. The molecule has 1 saturated carbocycles. The lowest BCUT2D eigenvalue weighted by atomic mass is 9.95. The number of aryl methyl sites for hydroxylation is 1. The van der Waals surface area contributed by atoms with Gasteiger partial charge in [0.1, 0.15) is 0 Å². The van der Waals surface area contributed by atoms with Crippen molar-refractivity contribution in [3.05, 3.63) is 30.0 Å². The lowest BCUT2D eigenvalue weighted by Crippen LogP contribution is -2.36. The van der Waals surface area contributed by atoms with E-state index in [-0.39, 0.29) is 5.91 Å². The van der Waals surface area contributed by atoms with Crippen molar-refractivity contribution in [3.8, 4) is 0 Å². The number of benzene rings is 1. The predicted molar refractivity (Wildman–Crippen MR) is 75.1 cm³/mol. The first-order valence-electron chi connectivity index (χ1n) is 6.98. The maximum atomic E-state index is 12.4. The summed E-state index contributed by atoms with van der Waals surface area (Å²) < 4.78 is 1.77. The van der Waals surface area contributed by atoms with Crippen molar-refractivity contribution < 1.29 is 4.79 Å². The summed E-state index contributed by atoms with van der Waals surface area (Å²) in [7, 11) is 1.87. The molecule has 1 amide bonds. The zero-order chi connectivity index (χ0) is 13.2. The van der Waals surface area contributed by atoms with E-state index in [0.29, 0.717) is 11.7 Å². The van der Waals surface area contributed by atoms with E-state index in [0.717, 1.165) is 23.7 Å². The second-order valence-electron chi connectivity index (χ2n) is 5.30. The molecule has 1 aliphatic carbocycles. The van der Waals surface area contributed by atoms with Crippen LogP contribution in [0.2, 0.25) is 0 Å². The monoisotopic (exact) mass is 257 g/mol. The fraction of sp³-hybridized carbons (Fsp3) is 0.467. The van der Waals surface area contributed by atoms with E-state index in [1.807, 2.05) is 31.3 Å².